The molecule has 3 aromatic rings. The molecule has 120 valence electrons. The minimum Gasteiger partial charge on any atom is -0.334 e. The second-order valence-corrected chi connectivity index (χ2v) is 5.93. The Morgan fingerprint density at radius 3 is 2.39 bits per heavy atom. The summed E-state index contributed by atoms with van der Waals surface area (Å²) in [5.41, 5.74) is 1.28. The fourth-order valence-electron chi connectivity index (χ4n) is 2.27. The van der Waals surface area contributed by atoms with Gasteiger partial charge in [-0.3, -0.25) is 4.52 Å². The fourth-order valence-corrected chi connectivity index (χ4v) is 2.27. The zero-order valence-electron chi connectivity index (χ0n) is 13.5. The van der Waals surface area contributed by atoms with E-state index in [0.717, 1.165) is 0 Å². The Bertz CT molecular complexity index is 873. The Labute approximate surface area is 132 Å². The smallest absolute Gasteiger partial charge is 0.334 e. The Morgan fingerprint density at radius 2 is 1.74 bits per heavy atom. The van der Waals surface area contributed by atoms with E-state index in [1.807, 2.05) is 45.9 Å². The molecule has 0 bridgehead atoms. The maximum absolute atomic E-state index is 12.1. The van der Waals surface area contributed by atoms with Gasteiger partial charge in [-0.05, 0) is 12.1 Å². The summed E-state index contributed by atoms with van der Waals surface area (Å²) in [6.07, 6.45) is 0. The van der Waals surface area contributed by atoms with Crippen LogP contribution in [0.3, 0.4) is 0 Å². The number of nitrogens with zero attached hydrogens (tertiary/aromatic N) is 4. The Morgan fingerprint density at radius 1 is 1.00 bits per heavy atom. The van der Waals surface area contributed by atoms with Crippen molar-refractivity contribution in [1.29, 1.82) is 0 Å². The van der Waals surface area contributed by atoms with Gasteiger partial charge < -0.3 is 4.52 Å². The molecular weight excluding hydrogens is 296 g/mol. The highest BCUT2D eigenvalue weighted by Gasteiger charge is 2.21. The van der Waals surface area contributed by atoms with Crippen molar-refractivity contribution in [2.75, 3.05) is 0 Å². The second-order valence-electron chi connectivity index (χ2n) is 5.93. The maximum Gasteiger partial charge on any atom is 0.446 e. The fraction of sp³-hybridized carbons (Fsp3) is 0.375. The first-order valence-electron chi connectivity index (χ1n) is 7.51. The summed E-state index contributed by atoms with van der Waals surface area (Å²) in [4.78, 5) is 16.5. The van der Waals surface area contributed by atoms with E-state index in [1.165, 1.54) is 4.57 Å². The van der Waals surface area contributed by atoms with Gasteiger partial charge >= 0.3 is 5.76 Å². The van der Waals surface area contributed by atoms with Gasteiger partial charge in [0.15, 0.2) is 11.6 Å². The van der Waals surface area contributed by atoms with Crippen LogP contribution in [-0.4, -0.2) is 19.9 Å². The summed E-state index contributed by atoms with van der Waals surface area (Å²) in [5.74, 6) is 1.19. The molecule has 0 spiro atoms. The van der Waals surface area contributed by atoms with Gasteiger partial charge in [0, 0.05) is 11.8 Å². The summed E-state index contributed by atoms with van der Waals surface area (Å²) in [5, 5.41) is 7.85. The third kappa shape index (κ3) is 2.69. The van der Waals surface area contributed by atoms with Crippen LogP contribution < -0.4 is 5.76 Å². The predicted octanol–water partition coefficient (Wildman–Crippen LogP) is 3.12. The van der Waals surface area contributed by atoms with Gasteiger partial charge in [-0.1, -0.05) is 50.1 Å². The minimum absolute atomic E-state index is 0.0309. The van der Waals surface area contributed by atoms with Crippen LogP contribution in [0.1, 0.15) is 51.2 Å². The lowest BCUT2D eigenvalue weighted by Gasteiger charge is -2.09. The van der Waals surface area contributed by atoms with E-state index >= 15 is 0 Å². The van der Waals surface area contributed by atoms with Gasteiger partial charge in [-0.2, -0.15) is 4.98 Å². The molecule has 0 fully saturated rings. The second kappa shape index (κ2) is 5.83. The van der Waals surface area contributed by atoms with Crippen molar-refractivity contribution >= 4 is 0 Å². The van der Waals surface area contributed by atoms with E-state index in [1.54, 1.807) is 6.07 Å². The van der Waals surface area contributed by atoms with E-state index in [-0.39, 0.29) is 11.8 Å². The van der Waals surface area contributed by atoms with Crippen LogP contribution in [0.5, 0.6) is 0 Å². The van der Waals surface area contributed by atoms with Crippen LogP contribution in [-0.2, 0) is 0 Å². The first kappa shape index (κ1) is 15.2. The van der Waals surface area contributed by atoms with Gasteiger partial charge in [0.05, 0.1) is 11.3 Å². The Hall–Kier alpha value is -2.70. The molecule has 0 unspecified atom stereocenters. The van der Waals surface area contributed by atoms with Crippen molar-refractivity contribution in [1.82, 2.24) is 19.9 Å². The van der Waals surface area contributed by atoms with Gasteiger partial charge in [0.1, 0.15) is 0 Å². The Kier molecular flexibility index (Phi) is 3.85. The lowest BCUT2D eigenvalue weighted by atomic mass is 10.1. The average molecular weight is 314 g/mol. The molecule has 0 aliphatic carbocycles. The molecule has 0 radical (unpaired) electrons. The molecule has 23 heavy (non-hydrogen) atoms. The summed E-state index contributed by atoms with van der Waals surface area (Å²) in [7, 11) is 0. The standard InChI is InChI=1S/C16H18N4O3/c1-9(2)13-17-15(22-18-13)11-7-5-6-8-12(11)20-14(10(3)4)19-23-16(20)21/h5-10H,1-4H3. The first-order chi connectivity index (χ1) is 11.0. The highest BCUT2D eigenvalue weighted by Crippen LogP contribution is 2.27. The highest BCUT2D eigenvalue weighted by molar-refractivity contribution is 5.66. The van der Waals surface area contributed by atoms with Crippen molar-refractivity contribution in [2.24, 2.45) is 0 Å². The maximum atomic E-state index is 12.1. The van der Waals surface area contributed by atoms with E-state index in [0.29, 0.717) is 28.8 Å². The molecule has 0 aliphatic rings. The number of rotatable bonds is 4. The number of aromatic nitrogens is 4. The topological polar surface area (TPSA) is 87.0 Å². The normalized spacial score (nSPS) is 11.6. The van der Waals surface area contributed by atoms with Crippen molar-refractivity contribution < 1.29 is 9.05 Å². The van der Waals surface area contributed by atoms with Crippen LogP contribution in [0.25, 0.3) is 17.1 Å². The molecule has 0 aliphatic heterocycles. The average Bonchev–Trinajstić information content (AvgIpc) is 3.14. The van der Waals surface area contributed by atoms with Gasteiger partial charge in [0.25, 0.3) is 5.89 Å². The van der Waals surface area contributed by atoms with Gasteiger partial charge in [-0.15, -0.1) is 0 Å². The molecule has 0 N–H and O–H groups in total. The van der Waals surface area contributed by atoms with Crippen LogP contribution in [0.15, 0.2) is 38.1 Å². The van der Waals surface area contributed by atoms with Crippen molar-refractivity contribution in [2.45, 2.75) is 39.5 Å². The van der Waals surface area contributed by atoms with E-state index in [4.69, 9.17) is 9.05 Å². The zero-order chi connectivity index (χ0) is 16.6. The van der Waals surface area contributed by atoms with Crippen LogP contribution >= 0.6 is 0 Å². The van der Waals surface area contributed by atoms with Crippen molar-refractivity contribution in [3.8, 4) is 17.1 Å². The Balaban J connectivity index is 2.19. The van der Waals surface area contributed by atoms with Crippen LogP contribution in [0, 0.1) is 0 Å². The van der Waals surface area contributed by atoms with E-state index in [2.05, 4.69) is 15.3 Å². The van der Waals surface area contributed by atoms with Crippen LogP contribution in [0.2, 0.25) is 0 Å². The molecule has 2 heterocycles. The zero-order valence-corrected chi connectivity index (χ0v) is 13.5. The number of hydrogen-bond acceptors (Lipinski definition) is 6. The monoisotopic (exact) mass is 314 g/mol. The lowest BCUT2D eigenvalue weighted by Crippen LogP contribution is -2.16. The van der Waals surface area contributed by atoms with Crippen LogP contribution in [0.4, 0.5) is 0 Å². The molecule has 2 aromatic heterocycles. The first-order valence-corrected chi connectivity index (χ1v) is 7.51. The van der Waals surface area contributed by atoms with Gasteiger partial charge in [-0.25, -0.2) is 9.36 Å². The highest BCUT2D eigenvalue weighted by atomic mass is 16.5. The minimum atomic E-state index is -0.537. The number of hydrogen-bond donors (Lipinski definition) is 0. The molecule has 0 saturated carbocycles. The quantitative estimate of drug-likeness (QED) is 0.735. The van der Waals surface area contributed by atoms with Gasteiger partial charge in [0.2, 0.25) is 0 Å². The van der Waals surface area contributed by atoms with Crippen molar-refractivity contribution in [3.63, 3.8) is 0 Å². The number of para-hydroxylation sites is 1. The largest absolute Gasteiger partial charge is 0.446 e. The molecule has 0 amide bonds. The third-order valence-electron chi connectivity index (χ3n) is 3.48. The van der Waals surface area contributed by atoms with E-state index < -0.39 is 5.76 Å². The van der Waals surface area contributed by atoms with Crippen molar-refractivity contribution in [3.05, 3.63) is 46.5 Å². The molecule has 1 aromatic carbocycles. The summed E-state index contributed by atoms with van der Waals surface area (Å²) in [6.45, 7) is 7.86. The predicted molar refractivity (Wildman–Crippen MR) is 83.6 cm³/mol. The molecular formula is C16H18N4O3. The molecule has 7 nitrogen and oxygen atoms in total. The summed E-state index contributed by atoms with van der Waals surface area (Å²) >= 11 is 0. The van der Waals surface area contributed by atoms with E-state index in [9.17, 15) is 4.79 Å². The summed E-state index contributed by atoms with van der Waals surface area (Å²) in [6, 6.07) is 7.32. The lowest BCUT2D eigenvalue weighted by molar-refractivity contribution is 0.376. The molecule has 3 rings (SSSR count). The molecule has 0 saturated heterocycles. The number of benzene rings is 1. The summed E-state index contributed by atoms with van der Waals surface area (Å²) < 4.78 is 11.6. The third-order valence-corrected chi connectivity index (χ3v) is 3.48. The molecule has 0 atom stereocenters. The SMILES string of the molecule is CC(C)c1noc(-c2ccccc2-n2c(C(C)C)noc2=O)n1. The molecule has 7 heteroatoms.